The molecule has 0 heterocycles. The third kappa shape index (κ3) is 3.55. The first kappa shape index (κ1) is 16.2. The number of oxime groups is 1. The van der Waals surface area contributed by atoms with Gasteiger partial charge in [-0.15, -0.1) is 0 Å². The molecule has 0 spiro atoms. The number of hydrogen-bond acceptors (Lipinski definition) is 4. The molecule has 1 N–H and O–H groups in total. The molecule has 0 aromatic heterocycles. The fraction of sp³-hybridized carbons (Fsp3) is 0.118. The molecule has 0 aliphatic heterocycles. The molecule has 2 aromatic rings. The molecule has 0 fully saturated rings. The topological polar surface area (TPSA) is 73.2 Å². The van der Waals surface area contributed by atoms with Gasteiger partial charge in [0.05, 0.1) is 0 Å². The zero-order chi connectivity index (χ0) is 16.8. The van der Waals surface area contributed by atoms with Crippen molar-refractivity contribution in [1.29, 1.82) is 0 Å². The first-order chi connectivity index (χ1) is 11.1. The van der Waals surface area contributed by atoms with Gasteiger partial charge in [0.2, 0.25) is 5.71 Å². The van der Waals surface area contributed by atoms with Gasteiger partial charge in [-0.05, 0) is 24.3 Å². The number of amides is 2. The molecule has 0 bridgehead atoms. The molecule has 0 unspecified atom stereocenters. The van der Waals surface area contributed by atoms with Crippen molar-refractivity contribution in [2.75, 3.05) is 23.9 Å². The molecule has 2 rings (SSSR count). The average molecular weight is 311 g/mol. The second-order valence-corrected chi connectivity index (χ2v) is 4.85. The molecule has 23 heavy (non-hydrogen) atoms. The Morgan fingerprint density at radius 1 is 0.783 bits per heavy atom. The van der Waals surface area contributed by atoms with Crippen LogP contribution in [0.3, 0.4) is 0 Å². The van der Waals surface area contributed by atoms with E-state index >= 15 is 0 Å². The summed E-state index contributed by atoms with van der Waals surface area (Å²) in [5.41, 5.74) is 0.630. The summed E-state index contributed by atoms with van der Waals surface area (Å²) < 4.78 is 0. The van der Waals surface area contributed by atoms with Crippen LogP contribution in [0.25, 0.3) is 0 Å². The molecule has 0 aliphatic carbocycles. The predicted octanol–water partition coefficient (Wildman–Crippen LogP) is 2.14. The minimum atomic E-state index is -0.688. The van der Waals surface area contributed by atoms with Gasteiger partial charge in [-0.2, -0.15) is 0 Å². The largest absolute Gasteiger partial charge is 0.410 e. The Labute approximate surface area is 134 Å². The number of rotatable bonds is 4. The normalized spacial score (nSPS) is 9.83. The summed E-state index contributed by atoms with van der Waals surface area (Å²) in [5, 5.41) is 12.1. The molecule has 6 heteroatoms. The van der Waals surface area contributed by atoms with Gasteiger partial charge in [-0.1, -0.05) is 41.6 Å². The molecular formula is C17H17N3O3. The van der Waals surface area contributed by atoms with Crippen LogP contribution in [-0.2, 0) is 9.59 Å². The van der Waals surface area contributed by atoms with E-state index < -0.39 is 17.5 Å². The molecule has 118 valence electrons. The lowest BCUT2D eigenvalue weighted by Gasteiger charge is -2.21. The first-order valence-electron chi connectivity index (χ1n) is 6.94. The van der Waals surface area contributed by atoms with E-state index in [0.717, 1.165) is 0 Å². The highest BCUT2D eigenvalue weighted by molar-refractivity contribution is 6.69. The highest BCUT2D eigenvalue weighted by atomic mass is 16.4. The number of anilines is 2. The Kier molecular flexibility index (Phi) is 5.09. The van der Waals surface area contributed by atoms with Gasteiger partial charge in [0.1, 0.15) is 0 Å². The summed E-state index contributed by atoms with van der Waals surface area (Å²) >= 11 is 0. The van der Waals surface area contributed by atoms with Crippen molar-refractivity contribution >= 4 is 28.9 Å². The van der Waals surface area contributed by atoms with Crippen LogP contribution in [-0.4, -0.2) is 36.8 Å². The lowest BCUT2D eigenvalue weighted by Crippen LogP contribution is -2.44. The zero-order valence-corrected chi connectivity index (χ0v) is 12.9. The van der Waals surface area contributed by atoms with Crippen molar-refractivity contribution in [3.63, 3.8) is 0 Å². The Hall–Kier alpha value is -3.15. The van der Waals surface area contributed by atoms with Crippen LogP contribution in [0.1, 0.15) is 0 Å². The molecule has 0 saturated heterocycles. The lowest BCUT2D eigenvalue weighted by atomic mass is 10.2. The van der Waals surface area contributed by atoms with E-state index in [1.807, 2.05) is 12.1 Å². The van der Waals surface area contributed by atoms with Crippen molar-refractivity contribution in [3.8, 4) is 0 Å². The van der Waals surface area contributed by atoms with Crippen molar-refractivity contribution in [1.82, 2.24) is 0 Å². The number of carbonyl (C=O) groups is 2. The zero-order valence-electron chi connectivity index (χ0n) is 12.9. The number of benzene rings is 2. The van der Waals surface area contributed by atoms with Crippen LogP contribution in [0, 0.1) is 0 Å². The van der Waals surface area contributed by atoms with Gasteiger partial charge in [-0.3, -0.25) is 9.59 Å². The van der Waals surface area contributed by atoms with E-state index in [2.05, 4.69) is 5.16 Å². The van der Waals surface area contributed by atoms with Crippen LogP contribution in [0.5, 0.6) is 0 Å². The lowest BCUT2D eigenvalue weighted by molar-refractivity contribution is -0.116. The molecular weight excluding hydrogens is 294 g/mol. The maximum Gasteiger partial charge on any atom is 0.285 e. The minimum absolute atomic E-state index is 0.553. The Bertz CT molecular complexity index is 655. The fourth-order valence-electron chi connectivity index (χ4n) is 2.03. The van der Waals surface area contributed by atoms with E-state index in [4.69, 9.17) is 5.21 Å². The van der Waals surface area contributed by atoms with E-state index in [0.29, 0.717) is 11.4 Å². The minimum Gasteiger partial charge on any atom is -0.410 e. The van der Waals surface area contributed by atoms with Crippen molar-refractivity contribution in [3.05, 3.63) is 60.7 Å². The van der Waals surface area contributed by atoms with E-state index in [9.17, 15) is 9.59 Å². The first-order valence-corrected chi connectivity index (χ1v) is 6.94. The Balaban J connectivity index is 2.22. The van der Waals surface area contributed by atoms with Gasteiger partial charge >= 0.3 is 0 Å². The molecule has 0 aliphatic rings. The number of carbonyl (C=O) groups excluding carboxylic acids is 2. The highest BCUT2D eigenvalue weighted by Gasteiger charge is 2.28. The second-order valence-electron chi connectivity index (χ2n) is 4.85. The van der Waals surface area contributed by atoms with Crippen molar-refractivity contribution in [2.24, 2.45) is 5.16 Å². The molecule has 0 atom stereocenters. The van der Waals surface area contributed by atoms with Gasteiger partial charge < -0.3 is 15.0 Å². The van der Waals surface area contributed by atoms with Crippen LogP contribution >= 0.6 is 0 Å². The monoisotopic (exact) mass is 311 g/mol. The summed E-state index contributed by atoms with van der Waals surface area (Å²) in [6, 6.07) is 17.6. The maximum absolute atomic E-state index is 12.4. The molecule has 2 amide bonds. The summed E-state index contributed by atoms with van der Waals surface area (Å²) in [4.78, 5) is 27.4. The predicted molar refractivity (Wildman–Crippen MR) is 88.9 cm³/mol. The number of hydrogen-bond donors (Lipinski definition) is 1. The van der Waals surface area contributed by atoms with Crippen LogP contribution < -0.4 is 9.80 Å². The highest BCUT2D eigenvalue weighted by Crippen LogP contribution is 2.14. The standard InChI is InChI=1S/C17H17N3O3/c1-19(13-9-5-3-6-10-13)16(21)15(18-23)17(22)20(2)14-11-7-4-8-12-14/h3-12,23H,1-2H3. The third-order valence-electron chi connectivity index (χ3n) is 3.40. The van der Waals surface area contributed by atoms with Crippen LogP contribution in [0.2, 0.25) is 0 Å². The Morgan fingerprint density at radius 3 is 1.43 bits per heavy atom. The fourth-order valence-corrected chi connectivity index (χ4v) is 2.03. The van der Waals surface area contributed by atoms with E-state index in [-0.39, 0.29) is 0 Å². The van der Waals surface area contributed by atoms with Crippen LogP contribution in [0.4, 0.5) is 11.4 Å². The Morgan fingerprint density at radius 2 is 1.13 bits per heavy atom. The van der Waals surface area contributed by atoms with E-state index in [1.54, 1.807) is 48.5 Å². The van der Waals surface area contributed by atoms with Gasteiger partial charge in [0.15, 0.2) is 0 Å². The molecule has 6 nitrogen and oxygen atoms in total. The van der Waals surface area contributed by atoms with Crippen LogP contribution in [0.15, 0.2) is 65.8 Å². The SMILES string of the molecule is CN(C(=O)C(=NO)C(=O)N(C)c1ccccc1)c1ccccc1. The number of para-hydroxylation sites is 2. The summed E-state index contributed by atoms with van der Waals surface area (Å²) in [6.07, 6.45) is 0. The number of nitrogens with zero attached hydrogens (tertiary/aromatic N) is 3. The second kappa shape index (κ2) is 7.22. The quantitative estimate of drug-likeness (QED) is 0.407. The van der Waals surface area contributed by atoms with Gasteiger partial charge in [0, 0.05) is 25.5 Å². The van der Waals surface area contributed by atoms with Gasteiger partial charge in [-0.25, -0.2) is 0 Å². The average Bonchev–Trinajstić information content (AvgIpc) is 2.62. The van der Waals surface area contributed by atoms with Crippen molar-refractivity contribution in [2.45, 2.75) is 0 Å². The molecule has 0 saturated carbocycles. The van der Waals surface area contributed by atoms with E-state index in [1.165, 1.54) is 23.9 Å². The van der Waals surface area contributed by atoms with Gasteiger partial charge in [0.25, 0.3) is 11.8 Å². The third-order valence-corrected chi connectivity index (χ3v) is 3.40. The molecule has 2 aromatic carbocycles. The summed E-state index contributed by atoms with van der Waals surface area (Å²) in [6.45, 7) is 0. The summed E-state index contributed by atoms with van der Waals surface area (Å²) in [5.74, 6) is -1.38. The maximum atomic E-state index is 12.4. The smallest absolute Gasteiger partial charge is 0.285 e. The molecule has 0 radical (unpaired) electrons. The summed E-state index contributed by atoms with van der Waals surface area (Å²) in [7, 11) is 3.03. The van der Waals surface area contributed by atoms with Crippen molar-refractivity contribution < 1.29 is 14.8 Å².